The van der Waals surface area contributed by atoms with E-state index in [1.165, 1.54) is 4.31 Å². The second-order valence-electron chi connectivity index (χ2n) is 6.28. The lowest BCUT2D eigenvalue weighted by Crippen LogP contribution is -2.54. The third kappa shape index (κ3) is 3.96. The van der Waals surface area contributed by atoms with Crippen molar-refractivity contribution in [3.8, 4) is 0 Å². The Bertz CT molecular complexity index is 695. The number of likely N-dealkylation sites (N-methyl/N-ethyl adjacent to an activating group) is 1. The fraction of sp³-hybridized carbons (Fsp3) is 0.588. The molecule has 0 unspecified atom stereocenters. The van der Waals surface area contributed by atoms with Gasteiger partial charge in [0.05, 0.1) is 10.9 Å². The molecule has 1 saturated heterocycles. The van der Waals surface area contributed by atoms with Crippen molar-refractivity contribution in [2.45, 2.75) is 38.6 Å². The molecule has 1 aromatic rings. The number of benzene rings is 1. The Balaban J connectivity index is 2.08. The highest BCUT2D eigenvalue weighted by Gasteiger charge is 2.32. The molecule has 1 aliphatic heterocycles. The average molecular weight is 353 g/mol. The van der Waals surface area contributed by atoms with Crippen LogP contribution in [-0.2, 0) is 14.8 Å². The maximum Gasteiger partial charge on any atom is 0.243 e. The molecule has 1 aliphatic rings. The zero-order chi connectivity index (χ0) is 17.9. The topological polar surface area (TPSA) is 69.7 Å². The standard InChI is InChI=1S/C17H27N3O3S/c1-5-18-17(21)15(4)19-8-10-20(11-9-19)24(22,23)16-12-13(2)6-7-14(16)3/h6-7,12,15H,5,8-11H2,1-4H3,(H,18,21)/t15-/m0/s1. The average Bonchev–Trinajstić information content (AvgIpc) is 2.56. The summed E-state index contributed by atoms with van der Waals surface area (Å²) in [4.78, 5) is 14.3. The smallest absolute Gasteiger partial charge is 0.243 e. The van der Waals surface area contributed by atoms with Crippen LogP contribution in [-0.4, -0.2) is 62.3 Å². The predicted octanol–water partition coefficient (Wildman–Crippen LogP) is 1.13. The lowest BCUT2D eigenvalue weighted by molar-refractivity contribution is -0.126. The molecule has 1 aromatic carbocycles. The molecule has 0 saturated carbocycles. The molecule has 1 N–H and O–H groups in total. The number of nitrogens with one attached hydrogen (secondary N) is 1. The van der Waals surface area contributed by atoms with Crippen molar-refractivity contribution in [1.82, 2.24) is 14.5 Å². The minimum absolute atomic E-state index is 0.0108. The summed E-state index contributed by atoms with van der Waals surface area (Å²) in [6.45, 7) is 9.98. The maximum atomic E-state index is 12.9. The van der Waals surface area contributed by atoms with Crippen molar-refractivity contribution < 1.29 is 13.2 Å². The number of amides is 1. The zero-order valence-corrected chi connectivity index (χ0v) is 15.7. The van der Waals surface area contributed by atoms with Crippen LogP contribution >= 0.6 is 0 Å². The number of carbonyl (C=O) groups excluding carboxylic acids is 1. The van der Waals surface area contributed by atoms with Gasteiger partial charge >= 0.3 is 0 Å². The molecular formula is C17H27N3O3S. The van der Waals surface area contributed by atoms with Crippen LogP contribution in [0.3, 0.4) is 0 Å². The van der Waals surface area contributed by atoms with Gasteiger partial charge in [-0.2, -0.15) is 4.31 Å². The lowest BCUT2D eigenvalue weighted by atomic mass is 10.2. The Morgan fingerprint density at radius 2 is 1.83 bits per heavy atom. The Morgan fingerprint density at radius 3 is 2.42 bits per heavy atom. The van der Waals surface area contributed by atoms with Crippen molar-refractivity contribution in [2.75, 3.05) is 32.7 Å². The van der Waals surface area contributed by atoms with E-state index in [-0.39, 0.29) is 11.9 Å². The van der Waals surface area contributed by atoms with E-state index < -0.39 is 10.0 Å². The number of nitrogens with zero attached hydrogens (tertiary/aromatic N) is 2. The Kier molecular flexibility index (Phi) is 6.01. The third-order valence-corrected chi connectivity index (χ3v) is 6.55. The fourth-order valence-electron chi connectivity index (χ4n) is 2.94. The van der Waals surface area contributed by atoms with E-state index >= 15 is 0 Å². The van der Waals surface area contributed by atoms with Gasteiger partial charge in [-0.1, -0.05) is 12.1 Å². The summed E-state index contributed by atoms with van der Waals surface area (Å²) in [7, 11) is -3.49. The highest BCUT2D eigenvalue weighted by molar-refractivity contribution is 7.89. The van der Waals surface area contributed by atoms with Crippen molar-refractivity contribution in [3.05, 3.63) is 29.3 Å². The zero-order valence-electron chi connectivity index (χ0n) is 14.9. The van der Waals surface area contributed by atoms with Gasteiger partial charge in [0, 0.05) is 32.7 Å². The Hall–Kier alpha value is -1.44. The molecule has 2 rings (SSSR count). The SMILES string of the molecule is CCNC(=O)[C@H](C)N1CCN(S(=O)(=O)c2cc(C)ccc2C)CC1. The molecule has 0 radical (unpaired) electrons. The van der Waals surface area contributed by atoms with Crippen LogP contribution in [0.4, 0.5) is 0 Å². The van der Waals surface area contributed by atoms with Crippen LogP contribution in [0.2, 0.25) is 0 Å². The van der Waals surface area contributed by atoms with Gasteiger partial charge in [0.15, 0.2) is 0 Å². The number of aryl methyl sites for hydroxylation is 2. The molecule has 0 bridgehead atoms. The summed E-state index contributed by atoms with van der Waals surface area (Å²) in [5.41, 5.74) is 1.70. The van der Waals surface area contributed by atoms with Crippen molar-refractivity contribution >= 4 is 15.9 Å². The number of carbonyl (C=O) groups is 1. The van der Waals surface area contributed by atoms with E-state index in [2.05, 4.69) is 5.32 Å². The first-order chi connectivity index (χ1) is 11.3. The first-order valence-electron chi connectivity index (χ1n) is 8.36. The highest BCUT2D eigenvalue weighted by Crippen LogP contribution is 2.22. The molecule has 1 fully saturated rings. The van der Waals surface area contributed by atoms with Crippen LogP contribution in [0, 0.1) is 13.8 Å². The van der Waals surface area contributed by atoms with E-state index in [9.17, 15) is 13.2 Å². The molecule has 0 aromatic heterocycles. The van der Waals surface area contributed by atoms with Gasteiger partial charge in [0.1, 0.15) is 0 Å². The van der Waals surface area contributed by atoms with Crippen LogP contribution in [0.1, 0.15) is 25.0 Å². The largest absolute Gasteiger partial charge is 0.355 e. The summed E-state index contributed by atoms with van der Waals surface area (Å²) in [6.07, 6.45) is 0. The molecule has 1 amide bonds. The first kappa shape index (κ1) is 18.9. The number of rotatable bonds is 5. The molecule has 1 heterocycles. The van der Waals surface area contributed by atoms with Gasteiger partial charge in [-0.3, -0.25) is 9.69 Å². The van der Waals surface area contributed by atoms with E-state index in [4.69, 9.17) is 0 Å². The number of piperazine rings is 1. The summed E-state index contributed by atoms with van der Waals surface area (Å²) < 4.78 is 27.3. The minimum Gasteiger partial charge on any atom is -0.355 e. The monoisotopic (exact) mass is 353 g/mol. The van der Waals surface area contributed by atoms with Crippen LogP contribution < -0.4 is 5.32 Å². The van der Waals surface area contributed by atoms with Crippen molar-refractivity contribution in [1.29, 1.82) is 0 Å². The maximum absolute atomic E-state index is 12.9. The molecule has 24 heavy (non-hydrogen) atoms. The number of sulfonamides is 1. The Labute approximate surface area is 144 Å². The molecule has 6 nitrogen and oxygen atoms in total. The fourth-order valence-corrected chi connectivity index (χ4v) is 4.68. The second kappa shape index (κ2) is 7.63. The van der Waals surface area contributed by atoms with E-state index in [0.717, 1.165) is 11.1 Å². The predicted molar refractivity (Wildman–Crippen MR) is 94.4 cm³/mol. The van der Waals surface area contributed by atoms with Gasteiger partial charge in [-0.05, 0) is 44.9 Å². The molecule has 7 heteroatoms. The summed E-state index contributed by atoms with van der Waals surface area (Å²) >= 11 is 0. The van der Waals surface area contributed by atoms with E-state index in [1.807, 2.05) is 44.7 Å². The van der Waals surface area contributed by atoms with Gasteiger partial charge in [-0.25, -0.2) is 8.42 Å². The van der Waals surface area contributed by atoms with E-state index in [0.29, 0.717) is 37.6 Å². The van der Waals surface area contributed by atoms with Gasteiger partial charge < -0.3 is 5.32 Å². The quantitative estimate of drug-likeness (QED) is 0.862. The van der Waals surface area contributed by atoms with Crippen LogP contribution in [0.5, 0.6) is 0 Å². The first-order valence-corrected chi connectivity index (χ1v) is 9.80. The van der Waals surface area contributed by atoms with Gasteiger partial charge in [0.25, 0.3) is 0 Å². The molecular weight excluding hydrogens is 326 g/mol. The molecule has 0 spiro atoms. The normalized spacial score (nSPS) is 18.3. The Morgan fingerprint density at radius 1 is 1.21 bits per heavy atom. The molecule has 134 valence electrons. The number of hydrogen-bond donors (Lipinski definition) is 1. The summed E-state index contributed by atoms with van der Waals surface area (Å²) in [5, 5.41) is 2.81. The third-order valence-electron chi connectivity index (χ3n) is 4.51. The summed E-state index contributed by atoms with van der Waals surface area (Å²) in [5.74, 6) is -0.0108. The van der Waals surface area contributed by atoms with Gasteiger partial charge in [0.2, 0.25) is 15.9 Å². The minimum atomic E-state index is -3.49. The molecule has 0 aliphatic carbocycles. The van der Waals surface area contributed by atoms with Crippen LogP contribution in [0.25, 0.3) is 0 Å². The number of hydrogen-bond acceptors (Lipinski definition) is 4. The lowest BCUT2D eigenvalue weighted by Gasteiger charge is -2.36. The summed E-state index contributed by atoms with van der Waals surface area (Å²) in [6, 6.07) is 5.25. The second-order valence-corrected chi connectivity index (χ2v) is 8.19. The highest BCUT2D eigenvalue weighted by atomic mass is 32.2. The van der Waals surface area contributed by atoms with Crippen molar-refractivity contribution in [2.24, 2.45) is 0 Å². The van der Waals surface area contributed by atoms with Crippen molar-refractivity contribution in [3.63, 3.8) is 0 Å². The van der Waals surface area contributed by atoms with E-state index in [1.54, 1.807) is 6.07 Å². The van der Waals surface area contributed by atoms with Gasteiger partial charge in [-0.15, -0.1) is 0 Å². The van der Waals surface area contributed by atoms with Crippen LogP contribution in [0.15, 0.2) is 23.1 Å². The molecule has 1 atom stereocenters.